The lowest BCUT2D eigenvalue weighted by Crippen LogP contribution is -2.87. The Balaban J connectivity index is 2.33. The van der Waals surface area contributed by atoms with E-state index in [1.165, 1.54) is 161 Å². The van der Waals surface area contributed by atoms with E-state index in [9.17, 15) is 0 Å². The Morgan fingerprint density at radius 2 is 0.659 bits per heavy atom. The van der Waals surface area contributed by atoms with Gasteiger partial charge in [0.2, 0.25) is 0 Å². The molecule has 0 amide bonds. The van der Waals surface area contributed by atoms with E-state index in [2.05, 4.69) is 84.4 Å². The Hall–Kier alpha value is -0.120. The highest BCUT2D eigenvalue weighted by atomic mass is 15.5. The molecule has 2 aliphatic heterocycles. The number of unbranched alkanes of at least 4 members (excludes halogenated alkanes) is 15. The summed E-state index contributed by atoms with van der Waals surface area (Å²) in [6, 6.07) is 1.36. The Labute approximate surface area is 278 Å². The molecular formula is C41H83N3. The fourth-order valence-electron chi connectivity index (χ4n) is 10.5. The molecule has 0 aliphatic carbocycles. The molecular weight excluding hydrogens is 534 g/mol. The predicted molar refractivity (Wildman–Crippen MR) is 197 cm³/mol. The summed E-state index contributed by atoms with van der Waals surface area (Å²) in [4.78, 5) is 6.11. The van der Waals surface area contributed by atoms with Crippen molar-refractivity contribution < 1.29 is 0 Å². The van der Waals surface area contributed by atoms with Crippen molar-refractivity contribution in [1.82, 2.24) is 15.1 Å². The van der Waals surface area contributed by atoms with Gasteiger partial charge in [0.1, 0.15) is 0 Å². The fourth-order valence-corrected chi connectivity index (χ4v) is 10.5. The molecule has 0 aromatic carbocycles. The number of rotatable bonds is 25. The normalized spacial score (nSPS) is 26.0. The second-order valence-electron chi connectivity index (χ2n) is 17.2. The highest BCUT2D eigenvalue weighted by Gasteiger charge is 2.63. The molecule has 0 aromatic rings. The zero-order valence-corrected chi connectivity index (χ0v) is 32.2. The average Bonchev–Trinajstić information content (AvgIpc) is 2.92. The maximum Gasteiger partial charge on any atom is 0.0721 e. The summed E-state index contributed by atoms with van der Waals surface area (Å²) in [5.74, 6) is 0. The zero-order valence-electron chi connectivity index (χ0n) is 32.2. The van der Waals surface area contributed by atoms with Crippen LogP contribution < -0.4 is 5.32 Å². The maximum absolute atomic E-state index is 4.46. The van der Waals surface area contributed by atoms with E-state index >= 15 is 0 Å². The summed E-state index contributed by atoms with van der Waals surface area (Å²) in [6.45, 7) is 25.0. The largest absolute Gasteiger partial charge is 0.281 e. The number of nitrogens with zero attached hydrogens (tertiary/aromatic N) is 2. The highest BCUT2D eigenvalue weighted by Crippen LogP contribution is 2.52. The smallest absolute Gasteiger partial charge is 0.0721 e. The minimum atomic E-state index is 0.0297. The van der Waals surface area contributed by atoms with E-state index in [1.54, 1.807) is 0 Å². The number of hydrogen-bond donors (Lipinski definition) is 1. The molecule has 3 unspecified atom stereocenters. The second kappa shape index (κ2) is 19.6. The molecule has 44 heavy (non-hydrogen) atoms. The van der Waals surface area contributed by atoms with Crippen LogP contribution in [0.15, 0.2) is 0 Å². The average molecular weight is 618 g/mol. The highest BCUT2D eigenvalue weighted by molar-refractivity contribution is 5.17. The Kier molecular flexibility index (Phi) is 17.9. The first-order valence-electron chi connectivity index (χ1n) is 20.3. The molecule has 2 saturated heterocycles. The lowest BCUT2D eigenvalue weighted by atomic mass is 9.69. The number of fused-ring (bicyclic) bond motifs is 2. The molecule has 0 aromatic heterocycles. The van der Waals surface area contributed by atoms with Gasteiger partial charge >= 0.3 is 0 Å². The predicted octanol–water partition coefficient (Wildman–Crippen LogP) is 12.8. The standard InChI is InChI=1S/C41H83N3/c1-11-15-19-23-27-31-36(30-26-22-18-14-4)43-38(5,6)34-41(10)42-40(43,9)35-39(7,8)44(41)37(32-28-24-20-16-12-2)33-29-25-21-17-13-3/h36-37,42H,11-35H2,1-10H3. The van der Waals surface area contributed by atoms with Gasteiger partial charge in [0.15, 0.2) is 0 Å². The van der Waals surface area contributed by atoms with E-state index in [1.807, 2.05) is 0 Å². The third-order valence-corrected chi connectivity index (χ3v) is 11.5. The van der Waals surface area contributed by atoms with Crippen LogP contribution >= 0.6 is 0 Å². The van der Waals surface area contributed by atoms with Crippen LogP contribution in [-0.4, -0.2) is 44.3 Å². The Morgan fingerprint density at radius 3 is 0.932 bits per heavy atom. The SMILES string of the molecule is CCCCCCCC(CCCCCC)N1C(C)(C)CC2(C)NC1(C)CC(C)(C)N2C(CCCCCCC)CCCCCCC. The number of nitrogens with one attached hydrogen (secondary N) is 1. The lowest BCUT2D eigenvalue weighted by molar-refractivity contribution is -0.235. The van der Waals surface area contributed by atoms with E-state index in [0.717, 1.165) is 0 Å². The van der Waals surface area contributed by atoms with Gasteiger partial charge in [0.05, 0.1) is 11.3 Å². The van der Waals surface area contributed by atoms with Crippen LogP contribution in [0.1, 0.15) is 230 Å². The van der Waals surface area contributed by atoms with Crippen LogP contribution in [0.25, 0.3) is 0 Å². The first-order valence-corrected chi connectivity index (χ1v) is 20.3. The third kappa shape index (κ3) is 11.8. The van der Waals surface area contributed by atoms with Crippen molar-refractivity contribution in [2.24, 2.45) is 0 Å². The summed E-state index contributed by atoms with van der Waals surface area (Å²) in [5, 5.41) is 4.46. The summed E-state index contributed by atoms with van der Waals surface area (Å²) in [7, 11) is 0. The quantitative estimate of drug-likeness (QED) is 0.103. The third-order valence-electron chi connectivity index (χ3n) is 11.5. The van der Waals surface area contributed by atoms with Gasteiger partial charge in [0.25, 0.3) is 0 Å². The van der Waals surface area contributed by atoms with Crippen LogP contribution in [0.2, 0.25) is 0 Å². The summed E-state index contributed by atoms with van der Waals surface area (Å²) in [6.07, 6.45) is 34.3. The summed E-state index contributed by atoms with van der Waals surface area (Å²) >= 11 is 0. The van der Waals surface area contributed by atoms with Crippen LogP contribution in [0.4, 0.5) is 0 Å². The van der Waals surface area contributed by atoms with E-state index in [0.29, 0.717) is 12.1 Å². The zero-order chi connectivity index (χ0) is 32.7. The molecule has 0 spiro atoms. The summed E-state index contributed by atoms with van der Waals surface area (Å²) in [5.41, 5.74) is 0.411. The van der Waals surface area contributed by atoms with Gasteiger partial charge in [0, 0.05) is 23.2 Å². The minimum Gasteiger partial charge on any atom is -0.281 e. The van der Waals surface area contributed by atoms with Crippen molar-refractivity contribution in [3.63, 3.8) is 0 Å². The van der Waals surface area contributed by atoms with Crippen molar-refractivity contribution in [2.45, 2.75) is 264 Å². The summed E-state index contributed by atoms with van der Waals surface area (Å²) < 4.78 is 0. The molecule has 2 heterocycles. The fraction of sp³-hybridized carbons (Fsp3) is 1.00. The first kappa shape index (κ1) is 40.1. The van der Waals surface area contributed by atoms with Gasteiger partial charge in [-0.05, 0) is 80.1 Å². The monoisotopic (exact) mass is 618 g/mol. The van der Waals surface area contributed by atoms with Crippen molar-refractivity contribution in [2.75, 3.05) is 0 Å². The van der Waals surface area contributed by atoms with Crippen LogP contribution in [-0.2, 0) is 0 Å². The molecule has 262 valence electrons. The van der Waals surface area contributed by atoms with Gasteiger partial charge in [-0.25, -0.2) is 0 Å². The van der Waals surface area contributed by atoms with E-state index in [4.69, 9.17) is 0 Å². The molecule has 3 atom stereocenters. The van der Waals surface area contributed by atoms with Crippen LogP contribution in [0.5, 0.6) is 0 Å². The first-order chi connectivity index (χ1) is 20.9. The molecule has 3 heteroatoms. The number of hydrogen-bond acceptors (Lipinski definition) is 3. The van der Waals surface area contributed by atoms with Gasteiger partial charge < -0.3 is 0 Å². The lowest BCUT2D eigenvalue weighted by Gasteiger charge is -2.72. The molecule has 2 rings (SSSR count). The molecule has 3 nitrogen and oxygen atoms in total. The molecule has 2 aliphatic rings. The van der Waals surface area contributed by atoms with Gasteiger partial charge in [-0.15, -0.1) is 0 Å². The topological polar surface area (TPSA) is 18.5 Å². The molecule has 2 fully saturated rings. The molecule has 0 radical (unpaired) electrons. The van der Waals surface area contributed by atoms with Gasteiger partial charge in [-0.3, -0.25) is 15.1 Å². The van der Waals surface area contributed by atoms with Crippen molar-refractivity contribution in [3.05, 3.63) is 0 Å². The molecule has 2 bridgehead atoms. The van der Waals surface area contributed by atoms with Gasteiger partial charge in [-0.2, -0.15) is 0 Å². The minimum absolute atomic E-state index is 0.0297. The van der Waals surface area contributed by atoms with E-state index in [-0.39, 0.29) is 22.4 Å². The Morgan fingerprint density at radius 1 is 0.409 bits per heavy atom. The van der Waals surface area contributed by atoms with Gasteiger partial charge in [-0.1, -0.05) is 150 Å². The molecule has 1 N–H and O–H groups in total. The Bertz CT molecular complexity index is 724. The van der Waals surface area contributed by atoms with Crippen molar-refractivity contribution >= 4 is 0 Å². The maximum atomic E-state index is 4.46. The van der Waals surface area contributed by atoms with E-state index < -0.39 is 0 Å². The van der Waals surface area contributed by atoms with Crippen molar-refractivity contribution in [1.29, 1.82) is 0 Å². The van der Waals surface area contributed by atoms with Crippen LogP contribution in [0.3, 0.4) is 0 Å². The molecule has 0 saturated carbocycles. The second-order valence-corrected chi connectivity index (χ2v) is 17.2. The van der Waals surface area contributed by atoms with Crippen molar-refractivity contribution in [3.8, 4) is 0 Å². The van der Waals surface area contributed by atoms with Crippen LogP contribution in [0, 0.1) is 0 Å².